The van der Waals surface area contributed by atoms with Crippen molar-refractivity contribution in [2.75, 3.05) is 7.11 Å². The van der Waals surface area contributed by atoms with Crippen LogP contribution in [0.4, 0.5) is 4.39 Å². The Labute approximate surface area is 187 Å². The molecule has 5 nitrogen and oxygen atoms in total. The molecule has 31 heavy (non-hydrogen) atoms. The maximum absolute atomic E-state index is 13.5. The Bertz CT molecular complexity index is 1170. The third-order valence-electron chi connectivity index (χ3n) is 5.06. The number of amides is 1. The number of hydrogen-bond donors (Lipinski definition) is 1. The Morgan fingerprint density at radius 3 is 2.58 bits per heavy atom. The first-order chi connectivity index (χ1) is 14.9. The van der Waals surface area contributed by atoms with Crippen LogP contribution in [0, 0.1) is 5.82 Å². The Kier molecular flexibility index (Phi) is 5.80. The Hall–Kier alpha value is -3.16. The van der Waals surface area contributed by atoms with Gasteiger partial charge in [-0.25, -0.2) is 4.39 Å². The first kappa shape index (κ1) is 21.1. The molecule has 0 bridgehead atoms. The molecule has 4 rings (SSSR count). The third kappa shape index (κ3) is 3.94. The predicted octanol–water partition coefficient (Wildman–Crippen LogP) is 5.17. The fraction of sp³-hybridized carbons (Fsp3) is 0.130. The van der Waals surface area contributed by atoms with Crippen molar-refractivity contribution in [3.63, 3.8) is 0 Å². The second kappa shape index (κ2) is 8.53. The minimum Gasteiger partial charge on any atom is -0.507 e. The van der Waals surface area contributed by atoms with Gasteiger partial charge in [-0.15, -0.1) is 11.3 Å². The zero-order chi connectivity index (χ0) is 22.1. The number of nitrogens with zero attached hydrogens (tertiary/aromatic N) is 1. The van der Waals surface area contributed by atoms with E-state index < -0.39 is 29.3 Å². The van der Waals surface area contributed by atoms with Gasteiger partial charge in [-0.2, -0.15) is 0 Å². The van der Waals surface area contributed by atoms with Crippen molar-refractivity contribution in [2.45, 2.75) is 12.6 Å². The maximum Gasteiger partial charge on any atom is 0.295 e. The molecule has 0 radical (unpaired) electrons. The summed E-state index contributed by atoms with van der Waals surface area (Å²) >= 11 is 7.71. The van der Waals surface area contributed by atoms with E-state index in [4.69, 9.17) is 16.3 Å². The molecule has 1 aliphatic rings. The normalized spacial score (nSPS) is 17.9. The van der Waals surface area contributed by atoms with Crippen molar-refractivity contribution < 1.29 is 23.8 Å². The zero-order valence-corrected chi connectivity index (χ0v) is 17.9. The van der Waals surface area contributed by atoms with Gasteiger partial charge in [0.2, 0.25) is 0 Å². The molecule has 1 unspecified atom stereocenters. The van der Waals surface area contributed by atoms with Crippen LogP contribution in [0.25, 0.3) is 5.76 Å². The van der Waals surface area contributed by atoms with Crippen LogP contribution < -0.4 is 4.74 Å². The second-order valence-electron chi connectivity index (χ2n) is 6.90. The number of carbonyl (C=O) groups excluding carboxylic acids is 2. The number of Topliss-reactive ketones (excluding diaryl/α,β-unsaturated/α-hetero) is 1. The quantitative estimate of drug-likeness (QED) is 0.326. The third-order valence-corrected chi connectivity index (χ3v) is 6.25. The number of aliphatic hydroxyl groups is 1. The number of rotatable bonds is 5. The van der Waals surface area contributed by atoms with Crippen LogP contribution in [0.15, 0.2) is 65.6 Å². The van der Waals surface area contributed by atoms with Gasteiger partial charge in [0.15, 0.2) is 0 Å². The van der Waals surface area contributed by atoms with E-state index in [9.17, 15) is 19.1 Å². The monoisotopic (exact) mass is 457 g/mol. The molecule has 0 spiro atoms. The van der Waals surface area contributed by atoms with Gasteiger partial charge in [0.05, 0.1) is 30.3 Å². The molecule has 1 N–H and O–H groups in total. The lowest BCUT2D eigenvalue weighted by Gasteiger charge is -2.25. The van der Waals surface area contributed by atoms with Crippen LogP contribution in [0.2, 0.25) is 5.02 Å². The molecule has 3 aromatic rings. The zero-order valence-electron chi connectivity index (χ0n) is 16.3. The summed E-state index contributed by atoms with van der Waals surface area (Å²) in [6, 6.07) is 12.9. The number of ether oxygens (including phenoxy) is 1. The number of halogens is 2. The van der Waals surface area contributed by atoms with E-state index in [1.165, 1.54) is 59.7 Å². The van der Waals surface area contributed by atoms with E-state index in [0.717, 1.165) is 4.88 Å². The maximum atomic E-state index is 13.5. The summed E-state index contributed by atoms with van der Waals surface area (Å²) in [5.41, 5.74) is 0.559. The molecule has 1 amide bonds. The lowest BCUT2D eigenvalue weighted by Crippen LogP contribution is -2.28. The highest BCUT2D eigenvalue weighted by molar-refractivity contribution is 7.09. The summed E-state index contributed by atoms with van der Waals surface area (Å²) < 4.78 is 18.7. The SMILES string of the molecule is COc1ccc(Cl)c(/C(O)=C2\C(=O)C(=O)N(Cc3cccs3)C2c2ccc(F)cc2)c1. The smallest absolute Gasteiger partial charge is 0.295 e. The number of carbonyl (C=O) groups is 2. The van der Waals surface area contributed by atoms with Gasteiger partial charge in [-0.05, 0) is 47.3 Å². The van der Waals surface area contributed by atoms with Gasteiger partial charge in [0, 0.05) is 10.4 Å². The standard InChI is InChI=1S/C23H17ClFNO4S/c1-30-15-8-9-18(24)17(11-15)21(27)19-20(13-4-6-14(25)7-5-13)26(23(29)22(19)28)12-16-3-2-10-31-16/h2-11,20,27H,12H2,1H3/b21-19+. The summed E-state index contributed by atoms with van der Waals surface area (Å²) in [5, 5.41) is 13.2. The summed E-state index contributed by atoms with van der Waals surface area (Å²) in [5.74, 6) is -2.01. The molecule has 1 aliphatic heterocycles. The topological polar surface area (TPSA) is 66.8 Å². The lowest BCUT2D eigenvalue weighted by molar-refractivity contribution is -0.140. The van der Waals surface area contributed by atoms with Crippen molar-refractivity contribution in [3.8, 4) is 5.75 Å². The number of aliphatic hydroxyl groups excluding tert-OH is 1. The van der Waals surface area contributed by atoms with Gasteiger partial charge in [-0.3, -0.25) is 9.59 Å². The number of thiophene rings is 1. The number of likely N-dealkylation sites (tertiary alicyclic amines) is 1. The first-order valence-electron chi connectivity index (χ1n) is 9.31. The van der Waals surface area contributed by atoms with Crippen LogP contribution in [-0.2, 0) is 16.1 Å². The minimum atomic E-state index is -0.898. The fourth-order valence-corrected chi connectivity index (χ4v) is 4.47. The molecule has 1 fully saturated rings. The van der Waals surface area contributed by atoms with Gasteiger partial charge in [0.1, 0.15) is 17.3 Å². The highest BCUT2D eigenvalue weighted by atomic mass is 35.5. The van der Waals surface area contributed by atoms with E-state index in [1.54, 1.807) is 6.07 Å². The van der Waals surface area contributed by atoms with Crippen LogP contribution in [0.5, 0.6) is 5.75 Å². The van der Waals surface area contributed by atoms with E-state index in [2.05, 4.69) is 0 Å². The van der Waals surface area contributed by atoms with E-state index in [0.29, 0.717) is 11.3 Å². The lowest BCUT2D eigenvalue weighted by atomic mass is 9.95. The highest BCUT2D eigenvalue weighted by Gasteiger charge is 2.46. The van der Waals surface area contributed by atoms with Gasteiger partial charge in [-0.1, -0.05) is 29.8 Å². The average Bonchev–Trinajstić information content (AvgIpc) is 3.37. The summed E-state index contributed by atoms with van der Waals surface area (Å²) in [4.78, 5) is 28.2. The number of benzene rings is 2. The molecule has 2 heterocycles. The van der Waals surface area contributed by atoms with Crippen LogP contribution in [0.1, 0.15) is 22.0 Å². The number of methoxy groups -OCH3 is 1. The van der Waals surface area contributed by atoms with E-state index >= 15 is 0 Å². The summed E-state index contributed by atoms with van der Waals surface area (Å²) in [6.45, 7) is 0.174. The fourth-order valence-electron chi connectivity index (χ4n) is 3.56. The van der Waals surface area contributed by atoms with Gasteiger partial charge >= 0.3 is 0 Å². The van der Waals surface area contributed by atoms with Crippen LogP contribution in [0.3, 0.4) is 0 Å². The molecule has 1 atom stereocenters. The molecule has 0 aliphatic carbocycles. The van der Waals surface area contributed by atoms with Crippen molar-refractivity contribution in [2.24, 2.45) is 0 Å². The van der Waals surface area contributed by atoms with Crippen LogP contribution in [-0.4, -0.2) is 28.8 Å². The van der Waals surface area contributed by atoms with Crippen molar-refractivity contribution >= 4 is 40.4 Å². The van der Waals surface area contributed by atoms with Crippen molar-refractivity contribution in [1.29, 1.82) is 0 Å². The first-order valence-corrected chi connectivity index (χ1v) is 10.6. The largest absolute Gasteiger partial charge is 0.507 e. The Balaban J connectivity index is 1.90. The Morgan fingerprint density at radius 1 is 1.19 bits per heavy atom. The molecule has 158 valence electrons. The summed E-state index contributed by atoms with van der Waals surface area (Å²) in [7, 11) is 1.46. The molecular formula is C23H17ClFNO4S. The highest BCUT2D eigenvalue weighted by Crippen LogP contribution is 2.42. The Morgan fingerprint density at radius 2 is 1.94 bits per heavy atom. The van der Waals surface area contributed by atoms with Gasteiger partial charge < -0.3 is 14.7 Å². The predicted molar refractivity (Wildman–Crippen MR) is 117 cm³/mol. The molecule has 8 heteroatoms. The van der Waals surface area contributed by atoms with Gasteiger partial charge in [0.25, 0.3) is 11.7 Å². The average molecular weight is 458 g/mol. The molecule has 1 aromatic heterocycles. The van der Waals surface area contributed by atoms with E-state index in [-0.39, 0.29) is 22.7 Å². The molecule has 0 saturated carbocycles. The van der Waals surface area contributed by atoms with E-state index in [1.807, 2.05) is 17.5 Å². The molecule has 1 saturated heterocycles. The summed E-state index contributed by atoms with van der Waals surface area (Å²) in [6.07, 6.45) is 0. The van der Waals surface area contributed by atoms with Crippen molar-refractivity contribution in [1.82, 2.24) is 4.90 Å². The molecular weight excluding hydrogens is 441 g/mol. The number of ketones is 1. The second-order valence-corrected chi connectivity index (χ2v) is 8.34. The van der Waals surface area contributed by atoms with Crippen LogP contribution >= 0.6 is 22.9 Å². The van der Waals surface area contributed by atoms with Crippen molar-refractivity contribution in [3.05, 3.63) is 92.4 Å². The molecule has 2 aromatic carbocycles. The minimum absolute atomic E-state index is 0.108. The number of hydrogen-bond acceptors (Lipinski definition) is 5.